The summed E-state index contributed by atoms with van der Waals surface area (Å²) in [6, 6.07) is -0.0778. The van der Waals surface area contributed by atoms with E-state index in [-0.39, 0.29) is 11.9 Å². The summed E-state index contributed by atoms with van der Waals surface area (Å²) < 4.78 is 5.00. The summed E-state index contributed by atoms with van der Waals surface area (Å²) in [7, 11) is 1.60. The largest absolute Gasteiger partial charge is 0.397 e. The van der Waals surface area contributed by atoms with Gasteiger partial charge < -0.3 is 15.8 Å². The molecule has 0 spiro atoms. The molecule has 0 aromatic carbocycles. The first-order valence-corrected chi connectivity index (χ1v) is 7.09. The Balaban J connectivity index is 2.38. The number of carbonyl (C=O) groups is 1. The molecule has 2 aromatic heterocycles. The Labute approximate surface area is 121 Å². The number of nitrogens with zero attached hydrogens (tertiary/aromatic N) is 2. The Kier molecular flexibility index (Phi) is 4.20. The van der Waals surface area contributed by atoms with Crippen LogP contribution in [0.3, 0.4) is 0 Å². The van der Waals surface area contributed by atoms with Crippen LogP contribution >= 0.6 is 11.3 Å². The minimum atomic E-state index is -0.202. The Hall–Kier alpha value is -1.73. The van der Waals surface area contributed by atoms with Crippen LogP contribution in [-0.2, 0) is 4.74 Å². The Morgan fingerprint density at radius 1 is 1.45 bits per heavy atom. The van der Waals surface area contributed by atoms with Crippen molar-refractivity contribution in [3.63, 3.8) is 0 Å². The first kappa shape index (κ1) is 14.7. The number of thiophene rings is 1. The van der Waals surface area contributed by atoms with Crippen LogP contribution in [0.4, 0.5) is 5.69 Å². The number of anilines is 1. The standard InChI is InChI=1S/C13H18N4O2S/c1-6(5-19-4)15-12(18)11-10(14)9-7(2)8(3)16-17-13(9)20-11/h6H,5,14H2,1-4H3,(H,15,18). The van der Waals surface area contributed by atoms with Crippen molar-refractivity contribution >= 4 is 33.1 Å². The van der Waals surface area contributed by atoms with E-state index in [1.54, 1.807) is 7.11 Å². The average molecular weight is 294 g/mol. The number of hydrogen-bond acceptors (Lipinski definition) is 6. The number of nitrogens with two attached hydrogens (primary N) is 1. The number of nitrogens with one attached hydrogen (secondary N) is 1. The highest BCUT2D eigenvalue weighted by Crippen LogP contribution is 2.34. The molecule has 2 rings (SSSR count). The summed E-state index contributed by atoms with van der Waals surface area (Å²) >= 11 is 1.26. The van der Waals surface area contributed by atoms with Gasteiger partial charge in [-0.25, -0.2) is 0 Å². The van der Waals surface area contributed by atoms with Crippen molar-refractivity contribution in [2.24, 2.45) is 0 Å². The molecule has 1 amide bonds. The predicted octanol–water partition coefficient (Wildman–Crippen LogP) is 1.66. The molecule has 20 heavy (non-hydrogen) atoms. The SMILES string of the molecule is COCC(C)NC(=O)c1sc2nnc(C)c(C)c2c1N. The van der Waals surface area contributed by atoms with E-state index in [4.69, 9.17) is 10.5 Å². The monoisotopic (exact) mass is 294 g/mol. The summed E-state index contributed by atoms with van der Waals surface area (Å²) in [6.45, 7) is 6.14. The van der Waals surface area contributed by atoms with Gasteiger partial charge in [0, 0.05) is 18.5 Å². The molecule has 7 heteroatoms. The van der Waals surface area contributed by atoms with Gasteiger partial charge in [-0.2, -0.15) is 5.10 Å². The number of aryl methyl sites for hydroxylation is 2. The van der Waals surface area contributed by atoms with Crippen molar-refractivity contribution < 1.29 is 9.53 Å². The molecule has 0 saturated carbocycles. The van der Waals surface area contributed by atoms with Crippen LogP contribution in [0, 0.1) is 13.8 Å². The highest BCUT2D eigenvalue weighted by molar-refractivity contribution is 7.21. The van der Waals surface area contributed by atoms with Gasteiger partial charge in [0.15, 0.2) is 0 Å². The minimum absolute atomic E-state index is 0.0778. The van der Waals surface area contributed by atoms with Gasteiger partial charge in [0.05, 0.1) is 18.0 Å². The summed E-state index contributed by atoms with van der Waals surface area (Å²) in [6.07, 6.45) is 0. The molecule has 1 unspecified atom stereocenters. The molecule has 0 aliphatic heterocycles. The predicted molar refractivity (Wildman–Crippen MR) is 80.1 cm³/mol. The molecular weight excluding hydrogens is 276 g/mol. The third-order valence-electron chi connectivity index (χ3n) is 3.14. The number of amides is 1. The van der Waals surface area contributed by atoms with Crippen LogP contribution in [0.5, 0.6) is 0 Å². The molecule has 1 atom stereocenters. The van der Waals surface area contributed by atoms with Gasteiger partial charge in [0.2, 0.25) is 0 Å². The summed E-state index contributed by atoms with van der Waals surface area (Å²) in [5.41, 5.74) is 8.37. The lowest BCUT2D eigenvalue weighted by molar-refractivity contribution is 0.0910. The molecule has 0 fully saturated rings. The maximum absolute atomic E-state index is 12.2. The smallest absolute Gasteiger partial charge is 0.263 e. The zero-order valence-electron chi connectivity index (χ0n) is 12.0. The first-order valence-electron chi connectivity index (χ1n) is 6.27. The zero-order chi connectivity index (χ0) is 14.9. The fraction of sp³-hybridized carbons (Fsp3) is 0.462. The van der Waals surface area contributed by atoms with E-state index >= 15 is 0 Å². The third kappa shape index (κ3) is 2.59. The van der Waals surface area contributed by atoms with Gasteiger partial charge >= 0.3 is 0 Å². The lowest BCUT2D eigenvalue weighted by Gasteiger charge is -2.12. The van der Waals surface area contributed by atoms with E-state index in [0.717, 1.165) is 16.6 Å². The van der Waals surface area contributed by atoms with Gasteiger partial charge in [-0.3, -0.25) is 4.79 Å². The van der Waals surface area contributed by atoms with Gasteiger partial charge in [0.25, 0.3) is 5.91 Å². The highest BCUT2D eigenvalue weighted by Gasteiger charge is 2.20. The van der Waals surface area contributed by atoms with Crippen molar-refractivity contribution in [3.05, 3.63) is 16.1 Å². The normalized spacial score (nSPS) is 12.6. The van der Waals surface area contributed by atoms with Crippen LogP contribution in [-0.4, -0.2) is 35.9 Å². The molecule has 0 radical (unpaired) electrons. The fourth-order valence-corrected chi connectivity index (χ4v) is 2.99. The topological polar surface area (TPSA) is 90.1 Å². The van der Waals surface area contributed by atoms with Crippen molar-refractivity contribution in [1.29, 1.82) is 0 Å². The zero-order valence-corrected chi connectivity index (χ0v) is 12.8. The molecule has 2 aromatic rings. The molecule has 3 N–H and O–H groups in total. The van der Waals surface area contributed by atoms with Gasteiger partial charge in [-0.15, -0.1) is 16.4 Å². The minimum Gasteiger partial charge on any atom is -0.397 e. The fourth-order valence-electron chi connectivity index (χ4n) is 1.99. The van der Waals surface area contributed by atoms with Crippen LogP contribution < -0.4 is 11.1 Å². The van der Waals surface area contributed by atoms with Crippen LogP contribution in [0.1, 0.15) is 27.9 Å². The Morgan fingerprint density at radius 3 is 2.80 bits per heavy atom. The van der Waals surface area contributed by atoms with Crippen molar-refractivity contribution in [2.75, 3.05) is 19.5 Å². The number of hydrogen-bond donors (Lipinski definition) is 2. The maximum Gasteiger partial charge on any atom is 0.263 e. The second kappa shape index (κ2) is 5.72. The maximum atomic E-state index is 12.2. The van der Waals surface area contributed by atoms with E-state index < -0.39 is 0 Å². The molecule has 0 bridgehead atoms. The van der Waals surface area contributed by atoms with E-state index in [2.05, 4.69) is 15.5 Å². The molecular formula is C13H18N4O2S. The summed E-state index contributed by atoms with van der Waals surface area (Å²) in [5.74, 6) is -0.202. The summed E-state index contributed by atoms with van der Waals surface area (Å²) in [4.78, 5) is 13.4. The van der Waals surface area contributed by atoms with Crippen LogP contribution in [0.25, 0.3) is 10.2 Å². The van der Waals surface area contributed by atoms with E-state index in [0.29, 0.717) is 22.0 Å². The lowest BCUT2D eigenvalue weighted by atomic mass is 10.1. The molecule has 108 valence electrons. The Bertz CT molecular complexity index is 653. The number of aromatic nitrogens is 2. The molecule has 0 aliphatic carbocycles. The van der Waals surface area contributed by atoms with Gasteiger partial charge in [0.1, 0.15) is 9.71 Å². The number of ether oxygens (including phenoxy) is 1. The van der Waals surface area contributed by atoms with Crippen LogP contribution in [0.15, 0.2) is 0 Å². The van der Waals surface area contributed by atoms with Crippen molar-refractivity contribution in [3.8, 4) is 0 Å². The second-order valence-corrected chi connectivity index (χ2v) is 5.76. The molecule has 6 nitrogen and oxygen atoms in total. The molecule has 2 heterocycles. The lowest BCUT2D eigenvalue weighted by Crippen LogP contribution is -2.35. The van der Waals surface area contributed by atoms with E-state index in [1.165, 1.54) is 11.3 Å². The molecule has 0 saturated heterocycles. The van der Waals surface area contributed by atoms with E-state index in [9.17, 15) is 4.79 Å². The van der Waals surface area contributed by atoms with Crippen LogP contribution in [0.2, 0.25) is 0 Å². The molecule has 0 aliphatic rings. The third-order valence-corrected chi connectivity index (χ3v) is 4.22. The Morgan fingerprint density at radius 2 is 2.15 bits per heavy atom. The van der Waals surface area contributed by atoms with Crippen molar-refractivity contribution in [1.82, 2.24) is 15.5 Å². The van der Waals surface area contributed by atoms with Crippen molar-refractivity contribution in [2.45, 2.75) is 26.8 Å². The quantitative estimate of drug-likeness (QED) is 0.895. The van der Waals surface area contributed by atoms with Gasteiger partial charge in [-0.05, 0) is 26.3 Å². The number of methoxy groups -OCH3 is 1. The highest BCUT2D eigenvalue weighted by atomic mass is 32.1. The number of carbonyl (C=O) groups excluding carboxylic acids is 1. The summed E-state index contributed by atoms with van der Waals surface area (Å²) in [5, 5.41) is 11.8. The number of fused-ring (bicyclic) bond motifs is 1. The van der Waals surface area contributed by atoms with E-state index in [1.807, 2.05) is 20.8 Å². The number of rotatable bonds is 4. The average Bonchev–Trinajstić information content (AvgIpc) is 2.72. The number of nitrogen functional groups attached to an aromatic ring is 1. The second-order valence-electron chi connectivity index (χ2n) is 4.77. The van der Waals surface area contributed by atoms with Gasteiger partial charge in [-0.1, -0.05) is 0 Å². The first-order chi connectivity index (χ1) is 9.45.